The molecule has 0 aliphatic heterocycles. The highest BCUT2D eigenvalue weighted by atomic mass is 32.2. The van der Waals surface area contributed by atoms with Gasteiger partial charge in [-0.3, -0.25) is 4.21 Å². The van der Waals surface area contributed by atoms with E-state index < -0.39 is 22.6 Å². The second-order valence-electron chi connectivity index (χ2n) is 4.28. The number of halogens is 1. The van der Waals surface area contributed by atoms with Crippen molar-refractivity contribution in [2.24, 2.45) is 0 Å². The summed E-state index contributed by atoms with van der Waals surface area (Å²) in [6.07, 6.45) is 0. The van der Waals surface area contributed by atoms with Crippen LogP contribution >= 0.6 is 0 Å². The van der Waals surface area contributed by atoms with Gasteiger partial charge in [0.25, 0.3) is 0 Å². The number of hydrogen-bond donors (Lipinski definition) is 1. The monoisotopic (exact) mass is 303 g/mol. The van der Waals surface area contributed by atoms with Crippen LogP contribution in [0.2, 0.25) is 0 Å². The molecule has 0 saturated heterocycles. The zero-order chi connectivity index (χ0) is 15.4. The van der Waals surface area contributed by atoms with Crippen LogP contribution < -0.4 is 0 Å². The van der Waals surface area contributed by atoms with Crippen molar-refractivity contribution in [1.29, 1.82) is 5.26 Å². The van der Waals surface area contributed by atoms with E-state index in [1.807, 2.05) is 6.07 Å². The van der Waals surface area contributed by atoms with Gasteiger partial charge >= 0.3 is 5.97 Å². The fourth-order valence-corrected chi connectivity index (χ4v) is 2.93. The summed E-state index contributed by atoms with van der Waals surface area (Å²) in [7, 11) is -1.52. The standard InChI is InChI=1S/C15H10FNO3S/c16-13-5-10(8-17)4-11(6-13)9-21(20)14-3-1-2-12(7-14)15(18)19/h1-7H,9H2,(H,18,19). The molecule has 1 atom stereocenters. The number of carboxylic acids is 1. The highest BCUT2D eigenvalue weighted by molar-refractivity contribution is 7.84. The predicted molar refractivity (Wildman–Crippen MR) is 74.6 cm³/mol. The van der Waals surface area contributed by atoms with Gasteiger partial charge in [-0.15, -0.1) is 0 Å². The van der Waals surface area contributed by atoms with Gasteiger partial charge in [0, 0.05) is 4.90 Å². The van der Waals surface area contributed by atoms with Gasteiger partial charge < -0.3 is 5.11 Å². The third-order valence-corrected chi connectivity index (χ3v) is 4.10. The average molecular weight is 303 g/mol. The number of carboxylic acid groups (broad SMARTS) is 1. The van der Waals surface area contributed by atoms with Crippen molar-refractivity contribution < 1.29 is 18.5 Å². The minimum atomic E-state index is -1.52. The largest absolute Gasteiger partial charge is 0.478 e. The van der Waals surface area contributed by atoms with Crippen molar-refractivity contribution in [3.63, 3.8) is 0 Å². The molecule has 0 heterocycles. The normalized spacial score (nSPS) is 11.6. The molecule has 0 bridgehead atoms. The van der Waals surface area contributed by atoms with Gasteiger partial charge in [0.15, 0.2) is 0 Å². The summed E-state index contributed by atoms with van der Waals surface area (Å²) in [5.41, 5.74) is 0.615. The molecule has 0 aliphatic rings. The Morgan fingerprint density at radius 2 is 2.05 bits per heavy atom. The van der Waals surface area contributed by atoms with Crippen molar-refractivity contribution in [1.82, 2.24) is 0 Å². The molecule has 21 heavy (non-hydrogen) atoms. The van der Waals surface area contributed by atoms with Crippen LogP contribution in [0.5, 0.6) is 0 Å². The predicted octanol–water partition coefficient (Wildman–Crippen LogP) is 2.70. The third kappa shape index (κ3) is 3.74. The second kappa shape index (κ2) is 6.29. The zero-order valence-electron chi connectivity index (χ0n) is 10.7. The van der Waals surface area contributed by atoms with E-state index in [0.717, 1.165) is 6.07 Å². The van der Waals surface area contributed by atoms with Crippen LogP contribution in [0.1, 0.15) is 21.5 Å². The maximum Gasteiger partial charge on any atom is 0.335 e. The lowest BCUT2D eigenvalue weighted by Crippen LogP contribution is -2.01. The summed E-state index contributed by atoms with van der Waals surface area (Å²) >= 11 is 0. The highest BCUT2D eigenvalue weighted by Crippen LogP contribution is 2.16. The molecule has 0 aromatic heterocycles. The van der Waals surface area contributed by atoms with E-state index >= 15 is 0 Å². The van der Waals surface area contributed by atoms with Gasteiger partial charge in [0.2, 0.25) is 0 Å². The molecular formula is C15H10FNO3S. The van der Waals surface area contributed by atoms with Crippen molar-refractivity contribution in [3.05, 3.63) is 65.0 Å². The van der Waals surface area contributed by atoms with Gasteiger partial charge in [-0.1, -0.05) is 6.07 Å². The number of hydrogen-bond acceptors (Lipinski definition) is 3. The second-order valence-corrected chi connectivity index (χ2v) is 5.73. The van der Waals surface area contributed by atoms with E-state index in [-0.39, 0.29) is 16.9 Å². The lowest BCUT2D eigenvalue weighted by atomic mass is 10.1. The molecular weight excluding hydrogens is 293 g/mol. The van der Waals surface area contributed by atoms with Crippen molar-refractivity contribution in [3.8, 4) is 6.07 Å². The molecule has 6 heteroatoms. The molecule has 106 valence electrons. The van der Waals surface area contributed by atoms with Gasteiger partial charge in [-0.05, 0) is 42.0 Å². The number of benzene rings is 2. The Kier molecular flexibility index (Phi) is 4.45. The minimum absolute atomic E-state index is 0.00944. The Hall–Kier alpha value is -2.52. The summed E-state index contributed by atoms with van der Waals surface area (Å²) < 4.78 is 25.5. The molecule has 0 amide bonds. The van der Waals surface area contributed by atoms with Crippen LogP contribution in [0.4, 0.5) is 4.39 Å². The fraction of sp³-hybridized carbons (Fsp3) is 0.0667. The molecule has 1 N–H and O–H groups in total. The Balaban J connectivity index is 2.26. The molecule has 2 aromatic rings. The number of rotatable bonds is 4. The lowest BCUT2D eigenvalue weighted by Gasteiger charge is -2.05. The van der Waals surface area contributed by atoms with Crippen LogP contribution in [0.3, 0.4) is 0 Å². The van der Waals surface area contributed by atoms with Crippen LogP contribution in [-0.4, -0.2) is 15.3 Å². The molecule has 0 radical (unpaired) electrons. The number of nitrogens with zero attached hydrogens (tertiary/aromatic N) is 1. The first-order chi connectivity index (χ1) is 9.99. The number of nitriles is 1. The highest BCUT2D eigenvalue weighted by Gasteiger charge is 2.10. The van der Waals surface area contributed by atoms with Crippen LogP contribution in [-0.2, 0) is 16.6 Å². The molecule has 0 aliphatic carbocycles. The van der Waals surface area contributed by atoms with Gasteiger partial charge in [0.05, 0.1) is 33.7 Å². The van der Waals surface area contributed by atoms with Crippen molar-refractivity contribution in [2.45, 2.75) is 10.6 Å². The van der Waals surface area contributed by atoms with E-state index in [1.165, 1.54) is 30.3 Å². The smallest absolute Gasteiger partial charge is 0.335 e. The molecule has 2 aromatic carbocycles. The summed E-state index contributed by atoms with van der Waals surface area (Å²) in [4.78, 5) is 11.2. The summed E-state index contributed by atoms with van der Waals surface area (Å²) in [6, 6.07) is 11.4. The quantitative estimate of drug-likeness (QED) is 0.942. The molecule has 1 unspecified atom stereocenters. The molecule has 0 saturated carbocycles. The Bertz CT molecular complexity index is 768. The summed E-state index contributed by atoms with van der Waals surface area (Å²) in [6.45, 7) is 0. The van der Waals surface area contributed by atoms with Crippen LogP contribution in [0.25, 0.3) is 0 Å². The average Bonchev–Trinajstić information content (AvgIpc) is 2.46. The van der Waals surface area contributed by atoms with Gasteiger partial charge in [0.1, 0.15) is 5.82 Å². The van der Waals surface area contributed by atoms with E-state index in [4.69, 9.17) is 10.4 Å². The topological polar surface area (TPSA) is 78.2 Å². The van der Waals surface area contributed by atoms with E-state index in [1.54, 1.807) is 6.07 Å². The third-order valence-electron chi connectivity index (χ3n) is 2.73. The van der Waals surface area contributed by atoms with Crippen molar-refractivity contribution in [2.75, 3.05) is 0 Å². The van der Waals surface area contributed by atoms with Crippen LogP contribution in [0, 0.1) is 17.1 Å². The number of aromatic carboxylic acids is 1. The van der Waals surface area contributed by atoms with E-state index in [2.05, 4.69) is 0 Å². The van der Waals surface area contributed by atoms with Crippen LogP contribution in [0.15, 0.2) is 47.4 Å². The maximum atomic E-state index is 13.3. The Morgan fingerprint density at radius 3 is 2.71 bits per heavy atom. The maximum absolute atomic E-state index is 13.3. The molecule has 2 rings (SSSR count). The fourth-order valence-electron chi connectivity index (χ4n) is 1.80. The van der Waals surface area contributed by atoms with E-state index in [9.17, 15) is 13.4 Å². The van der Waals surface area contributed by atoms with Gasteiger partial charge in [-0.2, -0.15) is 5.26 Å². The zero-order valence-corrected chi connectivity index (χ0v) is 11.6. The lowest BCUT2D eigenvalue weighted by molar-refractivity contribution is 0.0696. The van der Waals surface area contributed by atoms with Crippen molar-refractivity contribution >= 4 is 16.8 Å². The molecule has 0 spiro atoms. The molecule has 4 nitrogen and oxygen atoms in total. The Morgan fingerprint density at radius 1 is 1.29 bits per heavy atom. The minimum Gasteiger partial charge on any atom is -0.478 e. The summed E-state index contributed by atoms with van der Waals surface area (Å²) in [5.74, 6) is -1.66. The molecule has 0 fully saturated rings. The number of carbonyl (C=O) groups is 1. The van der Waals surface area contributed by atoms with Gasteiger partial charge in [-0.25, -0.2) is 9.18 Å². The SMILES string of the molecule is N#Cc1cc(F)cc(CS(=O)c2cccc(C(=O)O)c2)c1. The first-order valence-corrected chi connectivity index (χ1v) is 7.23. The van der Waals surface area contributed by atoms with E-state index in [0.29, 0.717) is 10.5 Å². The first-order valence-electron chi connectivity index (χ1n) is 5.91. The first kappa shape index (κ1) is 14.9. The summed E-state index contributed by atoms with van der Waals surface area (Å²) in [5, 5.41) is 17.7. The Labute approximate surface area is 122 Å².